The molecule has 1 aromatic heterocycles. The van der Waals surface area contributed by atoms with Gasteiger partial charge in [0.15, 0.2) is 8.32 Å². The number of benzene rings is 4. The summed E-state index contributed by atoms with van der Waals surface area (Å²) in [6, 6.07) is 35.6. The van der Waals surface area contributed by atoms with Crippen LogP contribution in [0.15, 0.2) is 114 Å². The lowest BCUT2D eigenvalue weighted by Crippen LogP contribution is -2.43. The highest BCUT2D eigenvalue weighted by Crippen LogP contribution is 2.41. The lowest BCUT2D eigenvalue weighted by Gasteiger charge is -2.39. The molecule has 0 radical (unpaired) electrons. The maximum atomic E-state index is 12.5. The zero-order valence-corrected chi connectivity index (χ0v) is 29.8. The van der Waals surface area contributed by atoms with Crippen LogP contribution < -0.4 is 20.9 Å². The number of ether oxygens (including phenoxy) is 1. The molecule has 0 amide bonds. The van der Waals surface area contributed by atoms with Gasteiger partial charge in [-0.1, -0.05) is 99.6 Å². The number of rotatable bonds is 15. The summed E-state index contributed by atoms with van der Waals surface area (Å²) in [5.74, 6) is 0.641. The van der Waals surface area contributed by atoms with E-state index in [4.69, 9.17) is 9.16 Å². The number of fused-ring (bicyclic) bond motifs is 1. The summed E-state index contributed by atoms with van der Waals surface area (Å²) in [4.78, 5) is 15.5. The largest absolute Gasteiger partial charge is 0.487 e. The molecule has 8 heteroatoms. The van der Waals surface area contributed by atoms with Crippen LogP contribution in [0, 0.1) is 0 Å². The first-order chi connectivity index (χ1) is 23.0. The zero-order chi connectivity index (χ0) is 34.1. The van der Waals surface area contributed by atoms with Crippen molar-refractivity contribution in [3.63, 3.8) is 0 Å². The summed E-state index contributed by atoms with van der Waals surface area (Å²) in [5.41, 5.74) is 5.70. The predicted octanol–water partition coefficient (Wildman–Crippen LogP) is 8.15. The first-order valence-corrected chi connectivity index (χ1v) is 19.7. The fourth-order valence-electron chi connectivity index (χ4n) is 5.39. The maximum absolute atomic E-state index is 12.5. The monoisotopic (exact) mass is 663 g/mol. The molecule has 0 spiro atoms. The normalized spacial score (nSPS) is 13.3. The fourth-order valence-corrected chi connectivity index (χ4v) is 6.67. The standard InChI is InChI=1S/C40H49N3O4Si/c1-40(2,3)48(4,5)47-37(27-41-25-24-29-16-18-32(19-17-29)42-26-35(44)31-14-10-7-11-15-31)33-20-22-36(39-34(33)21-23-38(45)43-39)46-28-30-12-8-6-9-13-30/h6-23,35,37,41-42,44H,24-28H2,1-5H3,(H,43,45)/t35-,37+/m0/s1. The smallest absolute Gasteiger partial charge is 0.248 e. The van der Waals surface area contributed by atoms with E-state index in [1.807, 2.05) is 72.8 Å². The van der Waals surface area contributed by atoms with Crippen molar-refractivity contribution in [2.24, 2.45) is 0 Å². The number of hydrogen-bond acceptors (Lipinski definition) is 6. The van der Waals surface area contributed by atoms with Gasteiger partial charge in [0.2, 0.25) is 5.56 Å². The van der Waals surface area contributed by atoms with E-state index >= 15 is 0 Å². The SMILES string of the molecule is CC(C)(C)[Si](C)(C)O[C@H](CNCCc1ccc(NC[C@H](O)c2ccccc2)cc1)c1ccc(OCc2ccccc2)c2[nH]c(=O)ccc12. The molecule has 48 heavy (non-hydrogen) atoms. The van der Waals surface area contributed by atoms with Gasteiger partial charge in [-0.3, -0.25) is 4.79 Å². The summed E-state index contributed by atoms with van der Waals surface area (Å²) < 4.78 is 13.3. The Bertz CT molecular complexity index is 1800. The highest BCUT2D eigenvalue weighted by Gasteiger charge is 2.39. The Morgan fingerprint density at radius 2 is 1.50 bits per heavy atom. The van der Waals surface area contributed by atoms with Crippen molar-refractivity contribution in [3.8, 4) is 5.75 Å². The summed E-state index contributed by atoms with van der Waals surface area (Å²) >= 11 is 0. The molecule has 7 nitrogen and oxygen atoms in total. The van der Waals surface area contributed by atoms with Crippen molar-refractivity contribution in [1.29, 1.82) is 0 Å². The predicted molar refractivity (Wildman–Crippen MR) is 199 cm³/mol. The molecule has 4 aromatic carbocycles. The van der Waals surface area contributed by atoms with Crippen LogP contribution in [0.3, 0.4) is 0 Å². The van der Waals surface area contributed by atoms with Crippen LogP contribution in [-0.2, 0) is 17.5 Å². The number of pyridine rings is 1. The molecule has 0 bridgehead atoms. The molecule has 0 unspecified atom stereocenters. The third kappa shape index (κ3) is 9.23. The summed E-state index contributed by atoms with van der Waals surface area (Å²) in [7, 11) is -2.16. The maximum Gasteiger partial charge on any atom is 0.248 e. The number of nitrogens with one attached hydrogen (secondary N) is 3. The Labute approximate surface area is 285 Å². The van der Waals surface area contributed by atoms with E-state index in [1.165, 1.54) is 5.56 Å². The van der Waals surface area contributed by atoms with Crippen molar-refractivity contribution in [2.45, 2.75) is 64.1 Å². The summed E-state index contributed by atoms with van der Waals surface area (Å²) in [5, 5.41) is 18.4. The van der Waals surface area contributed by atoms with E-state index in [9.17, 15) is 9.90 Å². The number of hydrogen-bond donors (Lipinski definition) is 4. The van der Waals surface area contributed by atoms with E-state index in [1.54, 1.807) is 6.07 Å². The van der Waals surface area contributed by atoms with Gasteiger partial charge in [-0.2, -0.15) is 0 Å². The van der Waals surface area contributed by atoms with Gasteiger partial charge in [-0.15, -0.1) is 0 Å². The van der Waals surface area contributed by atoms with Gasteiger partial charge in [-0.05, 0) is 77.6 Å². The van der Waals surface area contributed by atoms with Gasteiger partial charge in [0.25, 0.3) is 0 Å². The van der Waals surface area contributed by atoms with Gasteiger partial charge >= 0.3 is 0 Å². The van der Waals surface area contributed by atoms with E-state index in [0.717, 1.165) is 40.7 Å². The molecule has 0 aliphatic heterocycles. The highest BCUT2D eigenvalue weighted by molar-refractivity contribution is 6.74. The van der Waals surface area contributed by atoms with Crippen LogP contribution >= 0.6 is 0 Å². The van der Waals surface area contributed by atoms with Crippen molar-refractivity contribution < 1.29 is 14.3 Å². The second kappa shape index (κ2) is 15.8. The first-order valence-electron chi connectivity index (χ1n) is 16.8. The van der Waals surface area contributed by atoms with Crippen LogP contribution in [0.2, 0.25) is 18.1 Å². The van der Waals surface area contributed by atoms with Gasteiger partial charge in [0, 0.05) is 30.2 Å². The average molecular weight is 664 g/mol. The number of aliphatic hydroxyl groups excluding tert-OH is 1. The number of anilines is 1. The minimum Gasteiger partial charge on any atom is -0.487 e. The molecular formula is C40H49N3O4Si. The molecular weight excluding hydrogens is 615 g/mol. The number of aromatic nitrogens is 1. The van der Waals surface area contributed by atoms with Crippen LogP contribution in [0.1, 0.15) is 55.2 Å². The van der Waals surface area contributed by atoms with Crippen LogP contribution in [0.4, 0.5) is 5.69 Å². The molecule has 0 saturated heterocycles. The number of aromatic amines is 1. The van der Waals surface area contributed by atoms with Crippen molar-refractivity contribution >= 4 is 24.9 Å². The van der Waals surface area contributed by atoms with Gasteiger partial charge in [-0.25, -0.2) is 0 Å². The Morgan fingerprint density at radius 3 is 2.19 bits per heavy atom. The van der Waals surface area contributed by atoms with E-state index < -0.39 is 14.4 Å². The minimum absolute atomic E-state index is 0.0288. The summed E-state index contributed by atoms with van der Waals surface area (Å²) in [6.07, 6.45) is 0.0807. The third-order valence-electron chi connectivity index (χ3n) is 9.28. The quantitative estimate of drug-likeness (QED) is 0.0667. The molecule has 2 atom stereocenters. The van der Waals surface area contributed by atoms with E-state index in [2.05, 4.69) is 79.8 Å². The minimum atomic E-state index is -2.16. The lowest BCUT2D eigenvalue weighted by molar-refractivity contribution is 0.182. The average Bonchev–Trinajstić information content (AvgIpc) is 3.08. The number of aliphatic hydroxyl groups is 1. The molecule has 252 valence electrons. The van der Waals surface area contributed by atoms with Gasteiger partial charge in [0.05, 0.1) is 17.7 Å². The van der Waals surface area contributed by atoms with Gasteiger partial charge in [0.1, 0.15) is 12.4 Å². The lowest BCUT2D eigenvalue weighted by atomic mass is 10.0. The Hall–Kier alpha value is -4.21. The van der Waals surface area contributed by atoms with E-state index in [0.29, 0.717) is 31.0 Å². The van der Waals surface area contributed by atoms with Crippen molar-refractivity contribution in [1.82, 2.24) is 10.3 Å². The topological polar surface area (TPSA) is 95.6 Å². The third-order valence-corrected chi connectivity index (χ3v) is 13.8. The Kier molecular flexibility index (Phi) is 11.5. The highest BCUT2D eigenvalue weighted by atomic mass is 28.4. The molecule has 0 saturated carbocycles. The zero-order valence-electron chi connectivity index (χ0n) is 28.8. The van der Waals surface area contributed by atoms with Crippen LogP contribution in [-0.4, -0.2) is 38.0 Å². The second-order valence-corrected chi connectivity index (χ2v) is 18.6. The molecule has 1 heterocycles. The molecule has 4 N–H and O–H groups in total. The van der Waals surface area contributed by atoms with Crippen LogP contribution in [0.25, 0.3) is 10.9 Å². The molecule has 0 fully saturated rings. The van der Waals surface area contributed by atoms with Gasteiger partial charge < -0.3 is 29.9 Å². The molecule has 0 aliphatic carbocycles. The summed E-state index contributed by atoms with van der Waals surface area (Å²) in [6.45, 7) is 13.6. The fraction of sp³-hybridized carbons (Fsp3) is 0.325. The molecule has 5 rings (SSSR count). The molecule has 5 aromatic rings. The second-order valence-electron chi connectivity index (χ2n) is 13.9. The number of H-pyrrole nitrogens is 1. The van der Waals surface area contributed by atoms with Crippen molar-refractivity contribution in [3.05, 3.63) is 142 Å². The molecule has 0 aliphatic rings. The van der Waals surface area contributed by atoms with Crippen LogP contribution in [0.5, 0.6) is 5.75 Å². The first kappa shape index (κ1) is 35.1. The van der Waals surface area contributed by atoms with Crippen molar-refractivity contribution in [2.75, 3.05) is 25.0 Å². The Morgan fingerprint density at radius 1 is 0.812 bits per heavy atom. The van der Waals surface area contributed by atoms with E-state index in [-0.39, 0.29) is 16.7 Å². The Balaban J connectivity index is 1.27.